The van der Waals surface area contributed by atoms with Gasteiger partial charge in [0.2, 0.25) is 0 Å². The zero-order valence-electron chi connectivity index (χ0n) is 11.0. The minimum atomic E-state index is 0.293. The van der Waals surface area contributed by atoms with Gasteiger partial charge >= 0.3 is 0 Å². The third-order valence-electron chi connectivity index (χ3n) is 2.74. The van der Waals surface area contributed by atoms with Gasteiger partial charge in [-0.1, -0.05) is 36.5 Å². The SMILES string of the molecule is Oc1cccc(CCNC(=S)C=Cc2cccnc2)c1. The lowest BCUT2D eigenvalue weighted by Gasteiger charge is -2.05. The first-order valence-corrected chi connectivity index (χ1v) is 6.79. The topological polar surface area (TPSA) is 45.1 Å². The van der Waals surface area contributed by atoms with Crippen LogP contribution in [0.1, 0.15) is 11.1 Å². The highest BCUT2D eigenvalue weighted by Crippen LogP contribution is 2.10. The summed E-state index contributed by atoms with van der Waals surface area (Å²) in [5.41, 5.74) is 2.10. The molecule has 102 valence electrons. The maximum atomic E-state index is 9.37. The first-order chi connectivity index (χ1) is 9.74. The standard InChI is InChI=1S/C16H16N2OS/c19-15-5-1-3-13(11-15)8-10-18-16(20)7-6-14-4-2-9-17-12-14/h1-7,9,11-12,19H,8,10H2,(H,18,20). The molecule has 1 heterocycles. The van der Waals surface area contributed by atoms with Crippen LogP contribution in [0, 0.1) is 0 Å². The lowest BCUT2D eigenvalue weighted by molar-refractivity contribution is 0.474. The largest absolute Gasteiger partial charge is 0.508 e. The molecule has 1 aromatic heterocycles. The maximum absolute atomic E-state index is 9.37. The Morgan fingerprint density at radius 1 is 1.30 bits per heavy atom. The fourth-order valence-electron chi connectivity index (χ4n) is 1.75. The van der Waals surface area contributed by atoms with Gasteiger partial charge in [-0.05, 0) is 41.8 Å². The maximum Gasteiger partial charge on any atom is 0.115 e. The average molecular weight is 284 g/mol. The van der Waals surface area contributed by atoms with E-state index in [9.17, 15) is 5.11 Å². The van der Waals surface area contributed by atoms with E-state index < -0.39 is 0 Å². The predicted molar refractivity (Wildman–Crippen MR) is 85.7 cm³/mol. The number of nitrogens with one attached hydrogen (secondary N) is 1. The fraction of sp³-hybridized carbons (Fsp3) is 0.125. The van der Waals surface area contributed by atoms with E-state index in [1.807, 2.05) is 36.4 Å². The number of phenolic OH excluding ortho intramolecular Hbond substituents is 1. The van der Waals surface area contributed by atoms with Crippen molar-refractivity contribution in [2.24, 2.45) is 0 Å². The highest BCUT2D eigenvalue weighted by Gasteiger charge is 1.95. The summed E-state index contributed by atoms with van der Waals surface area (Å²) < 4.78 is 0. The van der Waals surface area contributed by atoms with Crippen molar-refractivity contribution >= 4 is 23.3 Å². The first kappa shape index (κ1) is 14.2. The molecule has 20 heavy (non-hydrogen) atoms. The molecule has 0 saturated carbocycles. The van der Waals surface area contributed by atoms with Gasteiger partial charge in [-0.3, -0.25) is 4.98 Å². The number of thiocarbonyl (C=S) groups is 1. The number of hydrogen-bond donors (Lipinski definition) is 2. The summed E-state index contributed by atoms with van der Waals surface area (Å²) in [6.45, 7) is 0.736. The highest BCUT2D eigenvalue weighted by atomic mass is 32.1. The molecule has 0 amide bonds. The number of benzene rings is 1. The number of phenols is 1. The molecule has 0 aliphatic heterocycles. The van der Waals surface area contributed by atoms with Crippen molar-refractivity contribution in [1.82, 2.24) is 10.3 Å². The second kappa shape index (κ2) is 7.40. The molecule has 0 aliphatic rings. The van der Waals surface area contributed by atoms with Crippen LogP contribution in [0.2, 0.25) is 0 Å². The molecule has 0 saturated heterocycles. The molecule has 0 bridgehead atoms. The molecule has 4 heteroatoms. The van der Waals surface area contributed by atoms with E-state index in [0.717, 1.165) is 24.1 Å². The smallest absolute Gasteiger partial charge is 0.115 e. The van der Waals surface area contributed by atoms with Crippen molar-refractivity contribution in [3.8, 4) is 5.75 Å². The Hall–Kier alpha value is -2.20. The van der Waals surface area contributed by atoms with E-state index in [1.54, 1.807) is 24.5 Å². The molecule has 3 nitrogen and oxygen atoms in total. The Kier molecular flexibility index (Phi) is 5.26. The highest BCUT2D eigenvalue weighted by molar-refractivity contribution is 7.80. The van der Waals surface area contributed by atoms with Gasteiger partial charge < -0.3 is 10.4 Å². The van der Waals surface area contributed by atoms with Gasteiger partial charge in [-0.2, -0.15) is 0 Å². The molecule has 2 rings (SSSR count). The Morgan fingerprint density at radius 2 is 2.20 bits per heavy atom. The molecular formula is C16H16N2OS. The molecule has 0 fully saturated rings. The van der Waals surface area contributed by atoms with Gasteiger partial charge in [-0.25, -0.2) is 0 Å². The van der Waals surface area contributed by atoms with Gasteiger partial charge in [0.05, 0.1) is 4.99 Å². The molecule has 1 aromatic carbocycles. The summed E-state index contributed by atoms with van der Waals surface area (Å²) in [7, 11) is 0. The second-order valence-corrected chi connectivity index (χ2v) is 4.77. The third kappa shape index (κ3) is 4.82. The number of pyridine rings is 1. The quantitative estimate of drug-likeness (QED) is 0.654. The van der Waals surface area contributed by atoms with Gasteiger partial charge in [0.15, 0.2) is 0 Å². The van der Waals surface area contributed by atoms with Gasteiger partial charge in [0.25, 0.3) is 0 Å². The van der Waals surface area contributed by atoms with Crippen molar-refractivity contribution in [2.45, 2.75) is 6.42 Å². The van der Waals surface area contributed by atoms with Crippen LogP contribution >= 0.6 is 12.2 Å². The van der Waals surface area contributed by atoms with Gasteiger partial charge in [0, 0.05) is 18.9 Å². The molecule has 0 spiro atoms. The zero-order chi connectivity index (χ0) is 14.2. The zero-order valence-corrected chi connectivity index (χ0v) is 11.8. The monoisotopic (exact) mass is 284 g/mol. The molecule has 0 unspecified atom stereocenters. The van der Waals surface area contributed by atoms with Crippen LogP contribution in [-0.2, 0) is 6.42 Å². The van der Waals surface area contributed by atoms with Crippen LogP contribution < -0.4 is 5.32 Å². The summed E-state index contributed by atoms with van der Waals surface area (Å²) >= 11 is 5.23. The van der Waals surface area contributed by atoms with E-state index in [2.05, 4.69) is 10.3 Å². The number of rotatable bonds is 5. The van der Waals surface area contributed by atoms with Crippen LogP contribution in [0.5, 0.6) is 5.75 Å². The summed E-state index contributed by atoms with van der Waals surface area (Å²) in [5, 5.41) is 12.5. The summed E-state index contributed by atoms with van der Waals surface area (Å²) in [4.78, 5) is 4.72. The molecule has 2 N–H and O–H groups in total. The summed E-state index contributed by atoms with van der Waals surface area (Å²) in [6.07, 6.45) is 8.12. The number of hydrogen-bond acceptors (Lipinski definition) is 3. The van der Waals surface area contributed by atoms with E-state index in [4.69, 9.17) is 12.2 Å². The van der Waals surface area contributed by atoms with E-state index in [0.29, 0.717) is 10.7 Å². The van der Waals surface area contributed by atoms with Crippen LogP contribution in [0.4, 0.5) is 0 Å². The Bertz CT molecular complexity index is 596. The van der Waals surface area contributed by atoms with Crippen molar-refractivity contribution in [2.75, 3.05) is 6.54 Å². The first-order valence-electron chi connectivity index (χ1n) is 6.38. The van der Waals surface area contributed by atoms with Crippen molar-refractivity contribution in [1.29, 1.82) is 0 Å². The lowest BCUT2D eigenvalue weighted by atomic mass is 10.1. The molecule has 0 atom stereocenters. The van der Waals surface area contributed by atoms with Crippen LogP contribution in [-0.4, -0.2) is 21.6 Å². The van der Waals surface area contributed by atoms with E-state index in [1.165, 1.54) is 0 Å². The average Bonchev–Trinajstić information content (AvgIpc) is 2.46. The second-order valence-electron chi connectivity index (χ2n) is 4.33. The minimum absolute atomic E-state index is 0.293. The number of nitrogens with zero attached hydrogens (tertiary/aromatic N) is 1. The Morgan fingerprint density at radius 3 is 2.95 bits per heavy atom. The van der Waals surface area contributed by atoms with Crippen molar-refractivity contribution in [3.05, 3.63) is 66.0 Å². The van der Waals surface area contributed by atoms with E-state index >= 15 is 0 Å². The van der Waals surface area contributed by atoms with Crippen LogP contribution in [0.3, 0.4) is 0 Å². The summed E-state index contributed by atoms with van der Waals surface area (Å²) in [5.74, 6) is 0.293. The molecular weight excluding hydrogens is 268 g/mol. The summed E-state index contributed by atoms with van der Waals surface area (Å²) in [6, 6.07) is 11.1. The Labute approximate surface area is 124 Å². The normalized spacial score (nSPS) is 10.6. The van der Waals surface area contributed by atoms with Crippen LogP contribution in [0.15, 0.2) is 54.9 Å². The number of aromatic nitrogens is 1. The van der Waals surface area contributed by atoms with Gasteiger partial charge in [-0.15, -0.1) is 0 Å². The number of aromatic hydroxyl groups is 1. The Balaban J connectivity index is 1.77. The van der Waals surface area contributed by atoms with Crippen molar-refractivity contribution in [3.63, 3.8) is 0 Å². The lowest BCUT2D eigenvalue weighted by Crippen LogP contribution is -2.21. The van der Waals surface area contributed by atoms with E-state index in [-0.39, 0.29) is 0 Å². The van der Waals surface area contributed by atoms with Gasteiger partial charge in [0.1, 0.15) is 5.75 Å². The minimum Gasteiger partial charge on any atom is -0.508 e. The third-order valence-corrected chi connectivity index (χ3v) is 3.02. The molecule has 0 aliphatic carbocycles. The van der Waals surface area contributed by atoms with Crippen molar-refractivity contribution < 1.29 is 5.11 Å². The van der Waals surface area contributed by atoms with Crippen LogP contribution in [0.25, 0.3) is 6.08 Å². The predicted octanol–water partition coefficient (Wildman–Crippen LogP) is 2.96. The molecule has 2 aromatic rings. The molecule has 0 radical (unpaired) electrons. The fourth-order valence-corrected chi connectivity index (χ4v) is 1.92.